The number of para-hydroxylation sites is 1. The zero-order valence-corrected chi connectivity index (χ0v) is 9.69. The van der Waals surface area contributed by atoms with Gasteiger partial charge in [-0.3, -0.25) is 0 Å². The van der Waals surface area contributed by atoms with E-state index in [1.165, 1.54) is 0 Å². The number of anilines is 1. The molecule has 0 unspecified atom stereocenters. The number of benzene rings is 1. The zero-order valence-electron chi connectivity index (χ0n) is 9.69. The van der Waals surface area contributed by atoms with Gasteiger partial charge in [0.25, 0.3) is 0 Å². The maximum Gasteiger partial charge on any atom is 0.249 e. The first-order chi connectivity index (χ1) is 7.66. The molecule has 0 fully saturated rings. The molecular formula is C12H15N3O. The van der Waals surface area contributed by atoms with E-state index in [0.717, 1.165) is 11.3 Å². The van der Waals surface area contributed by atoms with Crippen LogP contribution in [0.1, 0.15) is 19.7 Å². The Labute approximate surface area is 94.7 Å². The Kier molecular flexibility index (Phi) is 2.90. The van der Waals surface area contributed by atoms with Gasteiger partial charge in [-0.2, -0.15) is 0 Å². The molecular weight excluding hydrogens is 202 g/mol. The van der Waals surface area contributed by atoms with Gasteiger partial charge in [0.05, 0.1) is 5.56 Å². The van der Waals surface area contributed by atoms with Crippen molar-refractivity contribution in [2.24, 2.45) is 0 Å². The van der Waals surface area contributed by atoms with Gasteiger partial charge in [0.15, 0.2) is 0 Å². The Bertz CT molecular complexity index is 477. The summed E-state index contributed by atoms with van der Waals surface area (Å²) in [5, 5.41) is 11.2. The molecule has 2 aromatic rings. The van der Waals surface area contributed by atoms with Crippen molar-refractivity contribution in [3.05, 3.63) is 30.2 Å². The average molecular weight is 217 g/mol. The molecule has 0 aliphatic heterocycles. The summed E-state index contributed by atoms with van der Waals surface area (Å²) in [7, 11) is 0. The third-order valence-electron chi connectivity index (χ3n) is 2.13. The van der Waals surface area contributed by atoms with Crippen LogP contribution in [0.5, 0.6) is 0 Å². The van der Waals surface area contributed by atoms with Crippen molar-refractivity contribution in [3.8, 4) is 11.5 Å². The molecule has 1 aromatic heterocycles. The molecule has 2 rings (SSSR count). The van der Waals surface area contributed by atoms with E-state index in [1.807, 2.05) is 24.3 Å². The predicted molar refractivity (Wildman–Crippen MR) is 63.2 cm³/mol. The summed E-state index contributed by atoms with van der Waals surface area (Å²) in [6, 6.07) is 8.29. The molecule has 0 saturated carbocycles. The van der Waals surface area contributed by atoms with Crippen molar-refractivity contribution in [1.29, 1.82) is 0 Å². The summed E-state index contributed by atoms with van der Waals surface area (Å²) in [5.74, 6) is 1.13. The first-order valence-electron chi connectivity index (χ1n) is 5.33. The van der Waals surface area contributed by atoms with E-state index in [0.29, 0.717) is 17.8 Å². The van der Waals surface area contributed by atoms with Gasteiger partial charge in [0.1, 0.15) is 0 Å². The lowest BCUT2D eigenvalue weighted by molar-refractivity contribution is 0.533. The monoisotopic (exact) mass is 217 g/mol. The summed E-state index contributed by atoms with van der Waals surface area (Å²) in [4.78, 5) is 0. The Hall–Kier alpha value is -1.84. The largest absolute Gasteiger partial charge is 0.421 e. The molecule has 4 heteroatoms. The van der Waals surface area contributed by atoms with Crippen molar-refractivity contribution < 1.29 is 4.42 Å². The summed E-state index contributed by atoms with van der Waals surface area (Å²) in [6.45, 7) is 5.97. The highest BCUT2D eigenvalue weighted by molar-refractivity contribution is 5.72. The van der Waals surface area contributed by atoms with Gasteiger partial charge in [-0.15, -0.1) is 10.2 Å². The zero-order chi connectivity index (χ0) is 11.5. The van der Waals surface area contributed by atoms with Crippen molar-refractivity contribution >= 4 is 5.69 Å². The van der Waals surface area contributed by atoms with E-state index in [4.69, 9.17) is 4.42 Å². The van der Waals surface area contributed by atoms with Crippen molar-refractivity contribution in [2.75, 3.05) is 5.32 Å². The van der Waals surface area contributed by atoms with Crippen LogP contribution in [0.4, 0.5) is 5.69 Å². The number of aryl methyl sites for hydroxylation is 1. The Balaban J connectivity index is 2.40. The molecule has 0 radical (unpaired) electrons. The SMILES string of the molecule is Cc1nnc(-c2ccccc2NC(C)C)o1. The average Bonchev–Trinajstić information content (AvgIpc) is 2.65. The van der Waals surface area contributed by atoms with Gasteiger partial charge in [-0.1, -0.05) is 12.1 Å². The second kappa shape index (κ2) is 4.35. The van der Waals surface area contributed by atoms with Crippen LogP contribution >= 0.6 is 0 Å². The maximum atomic E-state index is 5.43. The highest BCUT2D eigenvalue weighted by Gasteiger charge is 2.10. The van der Waals surface area contributed by atoms with Gasteiger partial charge in [-0.05, 0) is 26.0 Å². The molecule has 1 heterocycles. The highest BCUT2D eigenvalue weighted by Crippen LogP contribution is 2.26. The molecule has 0 bridgehead atoms. The van der Waals surface area contributed by atoms with E-state index < -0.39 is 0 Å². The molecule has 84 valence electrons. The molecule has 0 atom stereocenters. The van der Waals surface area contributed by atoms with Gasteiger partial charge in [-0.25, -0.2) is 0 Å². The van der Waals surface area contributed by atoms with Crippen LogP contribution in [0.25, 0.3) is 11.5 Å². The van der Waals surface area contributed by atoms with Gasteiger partial charge < -0.3 is 9.73 Å². The smallest absolute Gasteiger partial charge is 0.249 e. The lowest BCUT2D eigenvalue weighted by Gasteiger charge is -2.12. The number of nitrogens with one attached hydrogen (secondary N) is 1. The van der Waals surface area contributed by atoms with Crippen LogP contribution < -0.4 is 5.32 Å². The number of nitrogens with zero attached hydrogens (tertiary/aromatic N) is 2. The third-order valence-corrected chi connectivity index (χ3v) is 2.13. The number of aromatic nitrogens is 2. The van der Waals surface area contributed by atoms with Crippen molar-refractivity contribution in [2.45, 2.75) is 26.8 Å². The lowest BCUT2D eigenvalue weighted by Crippen LogP contribution is -2.10. The fourth-order valence-electron chi connectivity index (χ4n) is 1.51. The molecule has 0 aliphatic rings. The number of hydrogen-bond acceptors (Lipinski definition) is 4. The summed E-state index contributed by atoms with van der Waals surface area (Å²) in [6.07, 6.45) is 0. The van der Waals surface area contributed by atoms with E-state index in [-0.39, 0.29) is 0 Å². The van der Waals surface area contributed by atoms with Crippen LogP contribution in [0.2, 0.25) is 0 Å². The van der Waals surface area contributed by atoms with Crippen molar-refractivity contribution in [3.63, 3.8) is 0 Å². The van der Waals surface area contributed by atoms with Gasteiger partial charge >= 0.3 is 0 Å². The normalized spacial score (nSPS) is 10.8. The first-order valence-corrected chi connectivity index (χ1v) is 5.33. The lowest BCUT2D eigenvalue weighted by atomic mass is 10.1. The molecule has 16 heavy (non-hydrogen) atoms. The minimum atomic E-state index is 0.366. The summed E-state index contributed by atoms with van der Waals surface area (Å²) in [5.41, 5.74) is 1.96. The standard InChI is InChI=1S/C12H15N3O/c1-8(2)13-11-7-5-4-6-10(11)12-15-14-9(3)16-12/h4-8,13H,1-3H3. The van der Waals surface area contributed by atoms with E-state index in [1.54, 1.807) is 6.92 Å². The quantitative estimate of drug-likeness (QED) is 0.858. The van der Waals surface area contributed by atoms with Crippen molar-refractivity contribution in [1.82, 2.24) is 10.2 Å². The molecule has 4 nitrogen and oxygen atoms in total. The Morgan fingerprint density at radius 2 is 1.94 bits per heavy atom. The minimum Gasteiger partial charge on any atom is -0.421 e. The molecule has 1 aromatic carbocycles. The van der Waals surface area contributed by atoms with E-state index >= 15 is 0 Å². The van der Waals surface area contributed by atoms with E-state index in [2.05, 4.69) is 29.4 Å². The number of rotatable bonds is 3. The van der Waals surface area contributed by atoms with E-state index in [9.17, 15) is 0 Å². The molecule has 0 aliphatic carbocycles. The summed E-state index contributed by atoms with van der Waals surface area (Å²) >= 11 is 0. The van der Waals surface area contributed by atoms with Crippen LogP contribution in [0.3, 0.4) is 0 Å². The van der Waals surface area contributed by atoms with Crippen LogP contribution in [0.15, 0.2) is 28.7 Å². The Morgan fingerprint density at radius 3 is 2.56 bits per heavy atom. The van der Waals surface area contributed by atoms with Gasteiger partial charge in [0, 0.05) is 18.7 Å². The molecule has 0 amide bonds. The van der Waals surface area contributed by atoms with Gasteiger partial charge in [0.2, 0.25) is 11.8 Å². The molecule has 0 spiro atoms. The fourth-order valence-corrected chi connectivity index (χ4v) is 1.51. The fraction of sp³-hybridized carbons (Fsp3) is 0.333. The summed E-state index contributed by atoms with van der Waals surface area (Å²) < 4.78 is 5.43. The predicted octanol–water partition coefficient (Wildman–Crippen LogP) is 2.87. The minimum absolute atomic E-state index is 0.366. The van der Waals surface area contributed by atoms with Crippen LogP contribution in [0, 0.1) is 6.92 Å². The highest BCUT2D eigenvalue weighted by atomic mass is 16.4. The third kappa shape index (κ3) is 2.21. The topological polar surface area (TPSA) is 51.0 Å². The molecule has 0 saturated heterocycles. The number of hydrogen-bond donors (Lipinski definition) is 1. The second-order valence-electron chi connectivity index (χ2n) is 3.97. The first kappa shape index (κ1) is 10.7. The maximum absolute atomic E-state index is 5.43. The Morgan fingerprint density at radius 1 is 1.19 bits per heavy atom. The molecule has 1 N–H and O–H groups in total. The van der Waals surface area contributed by atoms with Crippen LogP contribution in [-0.4, -0.2) is 16.2 Å². The second-order valence-corrected chi connectivity index (χ2v) is 3.97. The van der Waals surface area contributed by atoms with Crippen LogP contribution in [-0.2, 0) is 0 Å².